The number of nitrogens with zero attached hydrogens (tertiary/aromatic N) is 4. The zero-order valence-electron chi connectivity index (χ0n) is 21.4. The highest BCUT2D eigenvalue weighted by Crippen LogP contribution is 2.28. The number of ether oxygens (including phenoxy) is 1. The summed E-state index contributed by atoms with van der Waals surface area (Å²) in [6.07, 6.45) is 1.49. The van der Waals surface area contributed by atoms with Gasteiger partial charge in [-0.05, 0) is 63.1 Å². The van der Waals surface area contributed by atoms with E-state index in [0.29, 0.717) is 22.9 Å². The topological polar surface area (TPSA) is 106 Å². The Hall–Kier alpha value is -4.24. The largest absolute Gasteiger partial charge is 0.374 e. The molecule has 0 aliphatic rings. The predicted octanol–water partition coefficient (Wildman–Crippen LogP) is 5.20. The molecule has 0 radical (unpaired) electrons. The second kappa shape index (κ2) is 10.2. The van der Waals surface area contributed by atoms with Crippen LogP contribution in [0, 0.1) is 13.8 Å². The van der Waals surface area contributed by atoms with Crippen molar-refractivity contribution < 1.29 is 9.53 Å². The molecule has 36 heavy (non-hydrogen) atoms. The number of hydrogen-bond donors (Lipinski definition) is 3. The highest BCUT2D eigenvalue weighted by Gasteiger charge is 2.21. The monoisotopic (exact) mass is 485 g/mol. The standard InChI is InChI=1S/C27H31N7O2/c1-17-10-11-21(31-26(35)19-8-7-9-20(13-19)27(3,4)36-6)14-22(17)32-25-12-18(2)33-34(25)24-15-23(28-5)29-16-30-24/h7-16,32H,1-6H3,(H,31,35)(H,28,29,30). The highest BCUT2D eigenvalue weighted by molar-refractivity contribution is 6.04. The summed E-state index contributed by atoms with van der Waals surface area (Å²) in [4.78, 5) is 21.6. The summed E-state index contributed by atoms with van der Waals surface area (Å²) >= 11 is 0. The van der Waals surface area contributed by atoms with Crippen LogP contribution in [0.2, 0.25) is 0 Å². The van der Waals surface area contributed by atoms with Crippen molar-refractivity contribution in [2.75, 3.05) is 30.1 Å². The molecular formula is C27H31N7O2. The van der Waals surface area contributed by atoms with Gasteiger partial charge in [0.2, 0.25) is 0 Å². The molecule has 0 fully saturated rings. The number of nitrogens with one attached hydrogen (secondary N) is 3. The maximum Gasteiger partial charge on any atom is 0.255 e. The van der Waals surface area contributed by atoms with Crippen LogP contribution >= 0.6 is 0 Å². The van der Waals surface area contributed by atoms with Gasteiger partial charge < -0.3 is 20.7 Å². The van der Waals surface area contributed by atoms with Gasteiger partial charge in [0.25, 0.3) is 5.91 Å². The van der Waals surface area contributed by atoms with E-state index in [-0.39, 0.29) is 5.91 Å². The van der Waals surface area contributed by atoms with Gasteiger partial charge in [-0.3, -0.25) is 4.79 Å². The van der Waals surface area contributed by atoms with E-state index in [1.54, 1.807) is 24.9 Å². The van der Waals surface area contributed by atoms with Crippen LogP contribution in [0.5, 0.6) is 0 Å². The molecule has 0 saturated heterocycles. The van der Waals surface area contributed by atoms with E-state index in [9.17, 15) is 4.79 Å². The van der Waals surface area contributed by atoms with Gasteiger partial charge in [0.15, 0.2) is 5.82 Å². The van der Waals surface area contributed by atoms with Crippen LogP contribution in [0.25, 0.3) is 5.82 Å². The summed E-state index contributed by atoms with van der Waals surface area (Å²) in [5, 5.41) is 14.0. The van der Waals surface area contributed by atoms with Crippen molar-refractivity contribution in [1.82, 2.24) is 19.7 Å². The van der Waals surface area contributed by atoms with Crippen LogP contribution < -0.4 is 16.0 Å². The molecule has 2 heterocycles. The van der Waals surface area contributed by atoms with E-state index < -0.39 is 5.60 Å². The molecule has 3 N–H and O–H groups in total. The first-order valence-electron chi connectivity index (χ1n) is 11.6. The van der Waals surface area contributed by atoms with Crippen LogP contribution in [0.1, 0.15) is 41.0 Å². The maximum atomic E-state index is 13.0. The van der Waals surface area contributed by atoms with Crippen molar-refractivity contribution in [1.29, 1.82) is 0 Å². The first kappa shape index (κ1) is 24.9. The van der Waals surface area contributed by atoms with E-state index in [1.165, 1.54) is 6.33 Å². The Kier molecular flexibility index (Phi) is 7.03. The second-order valence-electron chi connectivity index (χ2n) is 9.00. The number of anilines is 4. The number of aryl methyl sites for hydroxylation is 2. The Labute approximate surface area is 210 Å². The lowest BCUT2D eigenvalue weighted by Crippen LogP contribution is -2.20. The third-order valence-electron chi connectivity index (χ3n) is 6.05. The molecule has 0 aliphatic heterocycles. The van der Waals surface area contributed by atoms with Gasteiger partial charge in [-0.2, -0.15) is 9.78 Å². The van der Waals surface area contributed by atoms with E-state index >= 15 is 0 Å². The van der Waals surface area contributed by atoms with Gasteiger partial charge in [-0.15, -0.1) is 0 Å². The third-order valence-corrected chi connectivity index (χ3v) is 6.05. The molecule has 2 aromatic heterocycles. The summed E-state index contributed by atoms with van der Waals surface area (Å²) in [5.41, 5.74) is 4.36. The summed E-state index contributed by atoms with van der Waals surface area (Å²) in [5.74, 6) is 1.87. The Bertz CT molecular complexity index is 1390. The van der Waals surface area contributed by atoms with Crippen LogP contribution in [0.4, 0.5) is 23.0 Å². The number of rotatable bonds is 8. The van der Waals surface area contributed by atoms with Gasteiger partial charge in [-0.1, -0.05) is 18.2 Å². The number of hydrogen-bond acceptors (Lipinski definition) is 7. The third kappa shape index (κ3) is 5.36. The number of carbonyl (C=O) groups excluding carboxylic acids is 1. The van der Waals surface area contributed by atoms with Crippen molar-refractivity contribution in [3.8, 4) is 5.82 Å². The van der Waals surface area contributed by atoms with Crippen LogP contribution in [0.15, 0.2) is 60.9 Å². The highest BCUT2D eigenvalue weighted by atomic mass is 16.5. The number of aromatic nitrogens is 4. The van der Waals surface area contributed by atoms with Gasteiger partial charge in [-0.25, -0.2) is 9.97 Å². The zero-order valence-corrected chi connectivity index (χ0v) is 21.4. The molecule has 2 aromatic carbocycles. The van der Waals surface area contributed by atoms with Gasteiger partial charge in [0.05, 0.1) is 11.3 Å². The molecule has 186 valence electrons. The van der Waals surface area contributed by atoms with Gasteiger partial charge in [0, 0.05) is 43.2 Å². The lowest BCUT2D eigenvalue weighted by molar-refractivity contribution is 0.0192. The minimum atomic E-state index is -0.490. The maximum absolute atomic E-state index is 13.0. The van der Waals surface area contributed by atoms with Crippen LogP contribution in [0.3, 0.4) is 0 Å². The SMILES string of the molecule is CNc1cc(-n2nc(C)cc2Nc2cc(NC(=O)c3cccc(C(C)(C)OC)c3)ccc2C)ncn1. The molecule has 0 unspecified atom stereocenters. The van der Waals surface area contributed by atoms with E-state index in [0.717, 1.165) is 28.3 Å². The lowest BCUT2D eigenvalue weighted by Gasteiger charge is -2.23. The van der Waals surface area contributed by atoms with Gasteiger partial charge >= 0.3 is 0 Å². The molecule has 0 atom stereocenters. The zero-order chi connectivity index (χ0) is 25.9. The molecule has 0 spiro atoms. The minimum Gasteiger partial charge on any atom is -0.374 e. The Morgan fingerprint density at radius 2 is 1.83 bits per heavy atom. The Morgan fingerprint density at radius 1 is 1.03 bits per heavy atom. The number of methoxy groups -OCH3 is 1. The molecule has 0 bridgehead atoms. The molecule has 1 amide bonds. The van der Waals surface area contributed by atoms with Crippen molar-refractivity contribution in [2.24, 2.45) is 0 Å². The van der Waals surface area contributed by atoms with Crippen molar-refractivity contribution in [3.05, 3.63) is 83.3 Å². The quantitative estimate of drug-likeness (QED) is 0.315. The Morgan fingerprint density at radius 3 is 2.58 bits per heavy atom. The second-order valence-corrected chi connectivity index (χ2v) is 9.00. The first-order valence-corrected chi connectivity index (χ1v) is 11.6. The fourth-order valence-electron chi connectivity index (χ4n) is 3.69. The van der Waals surface area contributed by atoms with Crippen LogP contribution in [-0.4, -0.2) is 39.8 Å². The predicted molar refractivity (Wildman–Crippen MR) is 142 cm³/mol. The summed E-state index contributed by atoms with van der Waals surface area (Å²) in [6, 6.07) is 17.0. The summed E-state index contributed by atoms with van der Waals surface area (Å²) in [6.45, 7) is 7.86. The molecule has 9 heteroatoms. The summed E-state index contributed by atoms with van der Waals surface area (Å²) in [7, 11) is 3.46. The van der Waals surface area contributed by atoms with Crippen LogP contribution in [-0.2, 0) is 10.3 Å². The average molecular weight is 486 g/mol. The fourth-order valence-corrected chi connectivity index (χ4v) is 3.69. The van der Waals surface area contributed by atoms with E-state index in [4.69, 9.17) is 4.74 Å². The smallest absolute Gasteiger partial charge is 0.255 e. The molecule has 9 nitrogen and oxygen atoms in total. The Balaban J connectivity index is 1.58. The number of amides is 1. The molecule has 4 aromatic rings. The summed E-state index contributed by atoms with van der Waals surface area (Å²) < 4.78 is 7.29. The molecule has 0 aliphatic carbocycles. The lowest BCUT2D eigenvalue weighted by atomic mass is 9.96. The molecule has 0 saturated carbocycles. The normalized spacial score (nSPS) is 11.3. The number of benzene rings is 2. The van der Waals surface area contributed by atoms with Crippen molar-refractivity contribution >= 4 is 28.9 Å². The van der Waals surface area contributed by atoms with Gasteiger partial charge in [0.1, 0.15) is 18.0 Å². The van der Waals surface area contributed by atoms with Crippen molar-refractivity contribution in [2.45, 2.75) is 33.3 Å². The molecule has 4 rings (SSSR count). The van der Waals surface area contributed by atoms with E-state index in [2.05, 4.69) is 31.0 Å². The van der Waals surface area contributed by atoms with E-state index in [1.807, 2.05) is 76.2 Å². The first-order chi connectivity index (χ1) is 17.2. The number of carbonyl (C=O) groups is 1. The molecular weight excluding hydrogens is 454 g/mol. The fraction of sp³-hybridized carbons (Fsp3) is 0.259. The van der Waals surface area contributed by atoms with Crippen molar-refractivity contribution in [3.63, 3.8) is 0 Å². The average Bonchev–Trinajstić information content (AvgIpc) is 3.26. The minimum absolute atomic E-state index is 0.194.